The van der Waals surface area contributed by atoms with E-state index in [9.17, 15) is 0 Å². The minimum atomic E-state index is -1.15. The summed E-state index contributed by atoms with van der Waals surface area (Å²) in [5.74, 6) is 0. The van der Waals surface area contributed by atoms with E-state index in [0.29, 0.717) is 5.54 Å². The van der Waals surface area contributed by atoms with Gasteiger partial charge in [0.25, 0.3) is 0 Å². The molecule has 0 N–H and O–H groups in total. The lowest BCUT2D eigenvalue weighted by Crippen LogP contribution is -2.26. The Labute approximate surface area is 81.3 Å². The first-order valence-corrected chi connectivity index (χ1v) is 5.68. The van der Waals surface area contributed by atoms with Crippen molar-refractivity contribution in [3.05, 3.63) is 35.9 Å². The molecule has 1 atom stereocenters. The summed E-state index contributed by atoms with van der Waals surface area (Å²) >= 11 is 0. The van der Waals surface area contributed by atoms with Gasteiger partial charge in [-0.05, 0) is 5.56 Å². The highest BCUT2D eigenvalue weighted by Crippen LogP contribution is 2.18. The summed E-state index contributed by atoms with van der Waals surface area (Å²) in [6, 6.07) is 10.3. The van der Waals surface area contributed by atoms with Gasteiger partial charge in [-0.15, -0.1) is 0 Å². The normalized spacial score (nSPS) is 13.2. The van der Waals surface area contributed by atoms with Gasteiger partial charge in [0.15, 0.2) is 0 Å². The minimum Gasteiger partial charge on any atom is -0.396 e. The summed E-state index contributed by atoms with van der Waals surface area (Å²) in [6.45, 7) is 2.14. The van der Waals surface area contributed by atoms with Gasteiger partial charge in [0.05, 0.1) is 0 Å². The zero-order valence-corrected chi connectivity index (χ0v) is 9.28. The second-order valence-corrected chi connectivity index (χ2v) is 5.18. The summed E-state index contributed by atoms with van der Waals surface area (Å²) in [4.78, 5) is 0. The highest BCUT2D eigenvalue weighted by Gasteiger charge is 2.22. The van der Waals surface area contributed by atoms with Crippen LogP contribution in [0.5, 0.6) is 0 Å². The van der Waals surface area contributed by atoms with Crippen molar-refractivity contribution in [2.24, 2.45) is 0 Å². The lowest BCUT2D eigenvalue weighted by Gasteiger charge is -2.17. The minimum absolute atomic E-state index is 0.362. The third-order valence-corrected chi connectivity index (χ3v) is 3.90. The molecule has 1 rings (SSSR count). The molecule has 1 unspecified atom stereocenters. The molecule has 0 saturated carbocycles. The Bertz CT molecular complexity index is 234. The van der Waals surface area contributed by atoms with Crippen LogP contribution >= 0.6 is 0 Å². The van der Waals surface area contributed by atoms with Crippen LogP contribution in [0, 0.1) is 0 Å². The maximum atomic E-state index is 5.30. The summed E-state index contributed by atoms with van der Waals surface area (Å²) in [6.07, 6.45) is 0. The Morgan fingerprint density at radius 2 is 1.62 bits per heavy atom. The number of hydrogen-bond acceptors (Lipinski definition) is 2. The quantitative estimate of drug-likeness (QED) is 0.685. The van der Waals surface area contributed by atoms with Crippen molar-refractivity contribution in [3.8, 4) is 0 Å². The Morgan fingerprint density at radius 3 is 2.08 bits per heavy atom. The van der Waals surface area contributed by atoms with Gasteiger partial charge in [-0.25, -0.2) is 0 Å². The largest absolute Gasteiger partial charge is 0.396 e. The Hall–Kier alpha value is -0.643. The zero-order chi connectivity index (χ0) is 9.68. The first-order valence-electron chi connectivity index (χ1n) is 4.29. The van der Waals surface area contributed by atoms with Crippen LogP contribution in [0.2, 0.25) is 0 Å². The molecule has 0 saturated heterocycles. The van der Waals surface area contributed by atoms with Crippen molar-refractivity contribution in [3.63, 3.8) is 0 Å². The molecular formula is C10H15O2Si. The second kappa shape index (κ2) is 5.17. The van der Waals surface area contributed by atoms with Crippen LogP contribution in [0.4, 0.5) is 0 Å². The Balaban J connectivity index is 2.72. The molecule has 0 aliphatic heterocycles. The van der Waals surface area contributed by atoms with Crippen LogP contribution in [-0.2, 0) is 8.85 Å². The fraction of sp³-hybridized carbons (Fsp3) is 0.400. The maximum Gasteiger partial charge on any atom is 0.391 e. The Morgan fingerprint density at radius 1 is 1.08 bits per heavy atom. The summed E-state index contributed by atoms with van der Waals surface area (Å²) in [5, 5.41) is 0. The molecule has 1 aromatic carbocycles. The first kappa shape index (κ1) is 10.4. The Kier molecular flexibility index (Phi) is 4.15. The van der Waals surface area contributed by atoms with E-state index in [2.05, 4.69) is 19.1 Å². The highest BCUT2D eigenvalue weighted by atomic mass is 28.3. The molecule has 0 fully saturated rings. The smallest absolute Gasteiger partial charge is 0.391 e. The fourth-order valence-corrected chi connectivity index (χ4v) is 2.65. The first-order chi connectivity index (χ1) is 6.29. The average molecular weight is 195 g/mol. The molecule has 0 amide bonds. The van der Waals surface area contributed by atoms with Gasteiger partial charge < -0.3 is 8.85 Å². The van der Waals surface area contributed by atoms with Gasteiger partial charge in [0.2, 0.25) is 0 Å². The number of hydrogen-bond donors (Lipinski definition) is 0. The van der Waals surface area contributed by atoms with Crippen LogP contribution in [0.3, 0.4) is 0 Å². The molecule has 0 aromatic heterocycles. The van der Waals surface area contributed by atoms with Gasteiger partial charge in [-0.2, -0.15) is 0 Å². The lowest BCUT2D eigenvalue weighted by atomic mass is 10.2. The molecule has 1 aromatic rings. The van der Waals surface area contributed by atoms with Crippen LogP contribution in [0.1, 0.15) is 18.0 Å². The van der Waals surface area contributed by atoms with E-state index in [1.54, 1.807) is 14.2 Å². The van der Waals surface area contributed by atoms with Gasteiger partial charge in [0, 0.05) is 19.8 Å². The molecule has 1 radical (unpaired) electrons. The molecule has 0 heterocycles. The van der Waals surface area contributed by atoms with Crippen molar-refractivity contribution < 1.29 is 8.85 Å². The fourth-order valence-electron chi connectivity index (χ4n) is 1.31. The van der Waals surface area contributed by atoms with Crippen molar-refractivity contribution in [2.45, 2.75) is 12.5 Å². The summed E-state index contributed by atoms with van der Waals surface area (Å²) < 4.78 is 10.6. The third kappa shape index (κ3) is 2.65. The lowest BCUT2D eigenvalue weighted by molar-refractivity contribution is 0.269. The van der Waals surface area contributed by atoms with Crippen LogP contribution in [-0.4, -0.2) is 23.5 Å². The monoisotopic (exact) mass is 195 g/mol. The van der Waals surface area contributed by atoms with E-state index in [4.69, 9.17) is 8.85 Å². The van der Waals surface area contributed by atoms with E-state index >= 15 is 0 Å². The van der Waals surface area contributed by atoms with E-state index in [0.717, 1.165) is 0 Å². The molecule has 0 spiro atoms. The molecule has 0 aliphatic rings. The van der Waals surface area contributed by atoms with Crippen molar-refractivity contribution >= 4 is 9.28 Å². The van der Waals surface area contributed by atoms with Crippen LogP contribution in [0.25, 0.3) is 0 Å². The van der Waals surface area contributed by atoms with Crippen molar-refractivity contribution in [1.29, 1.82) is 0 Å². The topological polar surface area (TPSA) is 18.5 Å². The van der Waals surface area contributed by atoms with Crippen LogP contribution < -0.4 is 0 Å². The standard InChI is InChI=1S/C10H15O2Si/c1-9(13(11-2)12-3)10-7-5-4-6-8-10/h4-9H,1-3H3. The van der Waals surface area contributed by atoms with Crippen molar-refractivity contribution in [2.75, 3.05) is 14.2 Å². The maximum absolute atomic E-state index is 5.30. The summed E-state index contributed by atoms with van der Waals surface area (Å²) in [5.41, 5.74) is 1.64. The SMILES string of the molecule is CO[Si](OC)C(C)c1ccccc1. The zero-order valence-electron chi connectivity index (χ0n) is 8.28. The van der Waals surface area contributed by atoms with E-state index in [-0.39, 0.29) is 0 Å². The van der Waals surface area contributed by atoms with Crippen LogP contribution in [0.15, 0.2) is 30.3 Å². The molecule has 0 aliphatic carbocycles. The van der Waals surface area contributed by atoms with Gasteiger partial charge in [-0.3, -0.25) is 0 Å². The predicted molar refractivity (Wildman–Crippen MR) is 54.6 cm³/mol. The molecule has 71 valence electrons. The summed E-state index contributed by atoms with van der Waals surface area (Å²) in [7, 11) is 2.26. The van der Waals surface area contributed by atoms with E-state index in [1.807, 2.05) is 18.2 Å². The van der Waals surface area contributed by atoms with Gasteiger partial charge in [0.1, 0.15) is 0 Å². The number of benzene rings is 1. The molecule has 0 bridgehead atoms. The predicted octanol–water partition coefficient (Wildman–Crippen LogP) is 2.11. The second-order valence-electron chi connectivity index (χ2n) is 2.86. The molecular weight excluding hydrogens is 180 g/mol. The van der Waals surface area contributed by atoms with Gasteiger partial charge >= 0.3 is 9.28 Å². The molecule has 13 heavy (non-hydrogen) atoms. The highest BCUT2D eigenvalue weighted by molar-refractivity contribution is 6.46. The number of rotatable bonds is 4. The van der Waals surface area contributed by atoms with Crippen molar-refractivity contribution in [1.82, 2.24) is 0 Å². The molecule has 2 nitrogen and oxygen atoms in total. The molecule has 3 heteroatoms. The average Bonchev–Trinajstić information content (AvgIpc) is 2.21. The van der Waals surface area contributed by atoms with Gasteiger partial charge in [-0.1, -0.05) is 37.3 Å². The van der Waals surface area contributed by atoms with E-state index in [1.165, 1.54) is 5.56 Å². The van der Waals surface area contributed by atoms with E-state index < -0.39 is 9.28 Å². The third-order valence-electron chi connectivity index (χ3n) is 2.06.